The minimum absolute atomic E-state index is 0.0582. The van der Waals surface area contributed by atoms with E-state index in [0.29, 0.717) is 0 Å². The van der Waals surface area contributed by atoms with Gasteiger partial charge in [0.05, 0.1) is 6.61 Å². The quantitative estimate of drug-likeness (QED) is 0.413. The van der Waals surface area contributed by atoms with Gasteiger partial charge in [-0.15, -0.1) is 0 Å². The summed E-state index contributed by atoms with van der Waals surface area (Å²) in [6, 6.07) is 0. The van der Waals surface area contributed by atoms with Crippen LogP contribution < -0.4 is 0 Å². The van der Waals surface area contributed by atoms with E-state index < -0.39 is 37.3 Å². The molecule has 4 N–H and O–H groups in total. The van der Waals surface area contributed by atoms with Gasteiger partial charge in [0, 0.05) is 6.61 Å². The lowest BCUT2D eigenvalue weighted by molar-refractivity contribution is -0.298. The van der Waals surface area contributed by atoms with Gasteiger partial charge >= 0.3 is 0 Å². The molecule has 1 fully saturated rings. The smallest absolute Gasteiger partial charge is 0.186 e. The first-order valence-corrected chi connectivity index (χ1v) is 4.33. The Balaban J connectivity index is 2.63. The normalized spacial score (nSPS) is 43.9. The zero-order chi connectivity index (χ0) is 10.7. The first kappa shape index (κ1) is 11.8. The summed E-state index contributed by atoms with van der Waals surface area (Å²) in [5.41, 5.74) is 0. The zero-order valence-electron chi connectivity index (χ0n) is 7.61. The molecule has 0 spiro atoms. The molecule has 1 radical (unpaired) electrons. The molecule has 0 aromatic heterocycles. The standard InChI is InChI=1S/C8H15O6/c1-2-13-8-7(12)6(11)5(10)4(3-9)14-8/h4-12H,1-3H2/t4-,5+,6+,7-,8?/m1/s1. The van der Waals surface area contributed by atoms with Crippen LogP contribution in [0.2, 0.25) is 0 Å². The molecule has 1 unspecified atom stereocenters. The summed E-state index contributed by atoms with van der Waals surface area (Å²) >= 11 is 0. The van der Waals surface area contributed by atoms with Crippen molar-refractivity contribution in [1.29, 1.82) is 0 Å². The molecule has 5 atom stereocenters. The van der Waals surface area contributed by atoms with E-state index >= 15 is 0 Å². The van der Waals surface area contributed by atoms with Gasteiger partial charge < -0.3 is 29.9 Å². The summed E-state index contributed by atoms with van der Waals surface area (Å²) < 4.78 is 9.88. The molecule has 0 bridgehead atoms. The third-order valence-electron chi connectivity index (χ3n) is 2.13. The topological polar surface area (TPSA) is 99.4 Å². The second-order valence-electron chi connectivity index (χ2n) is 3.07. The molecule has 1 saturated heterocycles. The van der Waals surface area contributed by atoms with Gasteiger partial charge in [-0.2, -0.15) is 0 Å². The highest BCUT2D eigenvalue weighted by molar-refractivity contribution is 4.88. The van der Waals surface area contributed by atoms with Gasteiger partial charge in [0.1, 0.15) is 24.4 Å². The van der Waals surface area contributed by atoms with Crippen molar-refractivity contribution < 1.29 is 29.9 Å². The van der Waals surface area contributed by atoms with Crippen LogP contribution in [0.1, 0.15) is 0 Å². The maximum absolute atomic E-state index is 9.38. The molecule has 6 heteroatoms. The third kappa shape index (κ3) is 2.22. The maximum Gasteiger partial charge on any atom is 0.186 e. The average molecular weight is 207 g/mol. The molecular weight excluding hydrogens is 192 g/mol. The number of rotatable bonds is 3. The minimum Gasteiger partial charge on any atom is -0.394 e. The van der Waals surface area contributed by atoms with Crippen molar-refractivity contribution in [2.45, 2.75) is 30.7 Å². The van der Waals surface area contributed by atoms with Crippen LogP contribution in [0.4, 0.5) is 0 Å². The van der Waals surface area contributed by atoms with Crippen molar-refractivity contribution in [2.24, 2.45) is 0 Å². The fraction of sp³-hybridized carbons (Fsp3) is 0.875. The molecular formula is C8H15O6. The summed E-state index contributed by atoms with van der Waals surface area (Å²) in [6.07, 6.45) is -6.07. The Morgan fingerprint density at radius 1 is 1.14 bits per heavy atom. The molecule has 1 aliphatic heterocycles. The van der Waals surface area contributed by atoms with Crippen molar-refractivity contribution in [3.8, 4) is 0 Å². The summed E-state index contributed by atoms with van der Waals surface area (Å²) in [6.45, 7) is 2.99. The van der Waals surface area contributed by atoms with E-state index in [-0.39, 0.29) is 6.61 Å². The summed E-state index contributed by atoms with van der Waals surface area (Å²) in [5.74, 6) is 0. The Morgan fingerprint density at radius 2 is 1.79 bits per heavy atom. The van der Waals surface area contributed by atoms with E-state index in [1.54, 1.807) is 0 Å². The van der Waals surface area contributed by atoms with Gasteiger partial charge in [-0.1, -0.05) is 0 Å². The van der Waals surface area contributed by atoms with Crippen LogP contribution in [0.3, 0.4) is 0 Å². The fourth-order valence-electron chi connectivity index (χ4n) is 1.32. The van der Waals surface area contributed by atoms with Crippen LogP contribution in [0, 0.1) is 6.92 Å². The third-order valence-corrected chi connectivity index (χ3v) is 2.13. The number of aliphatic hydroxyl groups is 4. The molecule has 0 aromatic rings. The van der Waals surface area contributed by atoms with Gasteiger partial charge in [-0.05, 0) is 6.92 Å². The van der Waals surface area contributed by atoms with Crippen molar-refractivity contribution in [3.05, 3.63) is 6.92 Å². The Kier molecular flexibility index (Phi) is 4.24. The fourth-order valence-corrected chi connectivity index (χ4v) is 1.32. The summed E-state index contributed by atoms with van der Waals surface area (Å²) in [5, 5.41) is 36.9. The number of ether oxygens (including phenoxy) is 2. The molecule has 0 aromatic carbocycles. The number of hydrogen-bond acceptors (Lipinski definition) is 6. The highest BCUT2D eigenvalue weighted by atomic mass is 16.7. The molecule has 0 saturated carbocycles. The van der Waals surface area contributed by atoms with Gasteiger partial charge in [0.15, 0.2) is 6.29 Å². The largest absolute Gasteiger partial charge is 0.394 e. The Hall–Kier alpha value is -0.240. The van der Waals surface area contributed by atoms with Crippen LogP contribution >= 0.6 is 0 Å². The van der Waals surface area contributed by atoms with E-state index in [4.69, 9.17) is 14.6 Å². The second kappa shape index (κ2) is 5.01. The van der Waals surface area contributed by atoms with Gasteiger partial charge in [0.2, 0.25) is 0 Å². The molecule has 1 aliphatic rings. The first-order chi connectivity index (χ1) is 6.61. The van der Waals surface area contributed by atoms with Crippen LogP contribution in [0.25, 0.3) is 0 Å². The lowest BCUT2D eigenvalue weighted by atomic mass is 9.99. The SMILES string of the molecule is [CH2]COC1O[C@H](CO)[C@H](O)[C@H](O)[C@H]1O. The molecule has 0 amide bonds. The van der Waals surface area contributed by atoms with Crippen molar-refractivity contribution in [2.75, 3.05) is 13.2 Å². The zero-order valence-corrected chi connectivity index (χ0v) is 7.61. The van der Waals surface area contributed by atoms with E-state index in [1.165, 1.54) is 0 Å². The van der Waals surface area contributed by atoms with E-state index in [0.717, 1.165) is 0 Å². The minimum atomic E-state index is -1.39. The summed E-state index contributed by atoms with van der Waals surface area (Å²) in [4.78, 5) is 0. The van der Waals surface area contributed by atoms with Gasteiger partial charge in [0.25, 0.3) is 0 Å². The molecule has 0 aliphatic carbocycles. The predicted molar refractivity (Wildman–Crippen MR) is 45.1 cm³/mol. The van der Waals surface area contributed by atoms with E-state index in [9.17, 15) is 15.3 Å². The summed E-state index contributed by atoms with van der Waals surface area (Å²) in [7, 11) is 0. The highest BCUT2D eigenvalue weighted by Gasteiger charge is 2.43. The van der Waals surface area contributed by atoms with E-state index in [1.807, 2.05) is 0 Å². The molecule has 6 nitrogen and oxygen atoms in total. The van der Waals surface area contributed by atoms with Gasteiger partial charge in [-0.3, -0.25) is 0 Å². The first-order valence-electron chi connectivity index (χ1n) is 4.33. The van der Waals surface area contributed by atoms with Crippen LogP contribution in [0.5, 0.6) is 0 Å². The van der Waals surface area contributed by atoms with Crippen LogP contribution in [-0.4, -0.2) is 64.3 Å². The monoisotopic (exact) mass is 207 g/mol. The van der Waals surface area contributed by atoms with Crippen molar-refractivity contribution >= 4 is 0 Å². The van der Waals surface area contributed by atoms with Crippen LogP contribution in [0.15, 0.2) is 0 Å². The van der Waals surface area contributed by atoms with E-state index in [2.05, 4.69) is 6.92 Å². The predicted octanol–water partition coefficient (Wildman–Crippen LogP) is -2.36. The molecule has 1 rings (SSSR count). The highest BCUT2D eigenvalue weighted by Crippen LogP contribution is 2.21. The average Bonchev–Trinajstić information content (AvgIpc) is 2.19. The molecule has 1 heterocycles. The number of hydrogen-bond donors (Lipinski definition) is 4. The Bertz CT molecular complexity index is 171. The van der Waals surface area contributed by atoms with Crippen LogP contribution in [-0.2, 0) is 9.47 Å². The van der Waals surface area contributed by atoms with Crippen molar-refractivity contribution in [3.63, 3.8) is 0 Å². The lowest BCUT2D eigenvalue weighted by Gasteiger charge is -2.39. The van der Waals surface area contributed by atoms with Crippen molar-refractivity contribution in [1.82, 2.24) is 0 Å². The molecule has 83 valence electrons. The second-order valence-corrected chi connectivity index (χ2v) is 3.07. The Labute approximate surface area is 81.7 Å². The number of aliphatic hydroxyl groups excluding tert-OH is 4. The van der Waals surface area contributed by atoms with Gasteiger partial charge in [-0.25, -0.2) is 0 Å². The Morgan fingerprint density at radius 3 is 2.29 bits per heavy atom. The lowest BCUT2D eigenvalue weighted by Crippen LogP contribution is -2.59. The maximum atomic E-state index is 9.38. The molecule has 14 heavy (non-hydrogen) atoms.